The number of rotatable bonds is 5. The predicted molar refractivity (Wildman–Crippen MR) is 114 cm³/mol. The molecule has 1 heterocycles. The maximum Gasteiger partial charge on any atom is 0.376 e. The van der Waals surface area contributed by atoms with Crippen LogP contribution in [0.25, 0.3) is 0 Å². The van der Waals surface area contributed by atoms with Crippen LogP contribution >= 0.6 is 15.9 Å². The number of hydrogen-bond donors (Lipinski definition) is 2. The summed E-state index contributed by atoms with van der Waals surface area (Å²) >= 11 is 3.41. The molecule has 2 aromatic rings. The van der Waals surface area contributed by atoms with Gasteiger partial charge in [-0.05, 0) is 31.2 Å². The molecule has 1 aliphatic rings. The molecule has 3 rings (SSSR count). The van der Waals surface area contributed by atoms with Gasteiger partial charge in [0.25, 0.3) is 0 Å². The monoisotopic (exact) mass is 445 g/mol. The zero-order chi connectivity index (χ0) is 19.8. The lowest BCUT2D eigenvalue weighted by atomic mass is 10.2. The van der Waals surface area contributed by atoms with E-state index in [0.717, 1.165) is 42.9 Å². The zero-order valence-corrected chi connectivity index (χ0v) is 17.6. The second-order valence-electron chi connectivity index (χ2n) is 6.67. The zero-order valence-electron chi connectivity index (χ0n) is 16.0. The Morgan fingerprint density at radius 3 is 2.46 bits per heavy atom. The van der Waals surface area contributed by atoms with Gasteiger partial charge in [-0.25, -0.2) is 4.79 Å². The maximum absolute atomic E-state index is 12.4. The minimum Gasteiger partial charge on any atom is -0.460 e. The number of nitrogens with zero attached hydrogens (tertiary/aromatic N) is 2. The molecule has 7 heteroatoms. The number of anilines is 1. The molecule has 0 aromatic heterocycles. The van der Waals surface area contributed by atoms with Gasteiger partial charge in [0, 0.05) is 10.0 Å². The molecule has 0 bridgehead atoms. The van der Waals surface area contributed by atoms with E-state index in [9.17, 15) is 4.79 Å². The quantitative estimate of drug-likeness (QED) is 0.320. The lowest BCUT2D eigenvalue weighted by Crippen LogP contribution is -3.13. The summed E-state index contributed by atoms with van der Waals surface area (Å²) in [5, 5.41) is 4.37. The minimum atomic E-state index is -0.390. The van der Waals surface area contributed by atoms with E-state index < -0.39 is 5.97 Å². The number of carbonyl (C=O) groups is 1. The first-order valence-corrected chi connectivity index (χ1v) is 10.3. The number of hydrazone groups is 1. The van der Waals surface area contributed by atoms with Crippen molar-refractivity contribution in [1.29, 1.82) is 0 Å². The fraction of sp³-hybridized carbons (Fsp3) is 0.333. The molecule has 2 N–H and O–H groups in total. The molecular weight excluding hydrogens is 420 g/mol. The number of hydrogen-bond acceptors (Lipinski definition) is 4. The molecule has 0 saturated carbocycles. The van der Waals surface area contributed by atoms with Crippen molar-refractivity contribution in [3.8, 4) is 0 Å². The molecule has 0 spiro atoms. The number of nitrogens with one attached hydrogen (secondary N) is 2. The van der Waals surface area contributed by atoms with Crippen molar-refractivity contribution >= 4 is 33.4 Å². The molecule has 0 aliphatic carbocycles. The number of amidine groups is 1. The van der Waals surface area contributed by atoms with Gasteiger partial charge >= 0.3 is 5.97 Å². The SMILES string of the molecule is CCOC(=O)/C(=N\Nc1ccc(Br)cc1)N1CC[NH+](Cc2ccccc2)CC1. The molecule has 0 unspecified atom stereocenters. The summed E-state index contributed by atoms with van der Waals surface area (Å²) in [4.78, 5) is 16.0. The normalized spacial score (nSPS) is 15.4. The predicted octanol–water partition coefficient (Wildman–Crippen LogP) is 2.14. The molecule has 0 atom stereocenters. The van der Waals surface area contributed by atoms with Crippen molar-refractivity contribution in [2.75, 3.05) is 38.2 Å². The Bertz CT molecular complexity index is 788. The molecule has 1 fully saturated rings. The van der Waals surface area contributed by atoms with E-state index in [2.05, 4.69) is 50.7 Å². The highest BCUT2D eigenvalue weighted by atomic mass is 79.9. The van der Waals surface area contributed by atoms with Gasteiger partial charge in [0.05, 0.1) is 38.5 Å². The van der Waals surface area contributed by atoms with Crippen LogP contribution in [-0.2, 0) is 16.1 Å². The summed E-state index contributed by atoms with van der Waals surface area (Å²) in [5.41, 5.74) is 5.13. The summed E-state index contributed by atoms with van der Waals surface area (Å²) in [6, 6.07) is 18.2. The van der Waals surface area contributed by atoms with Crippen LogP contribution in [0.2, 0.25) is 0 Å². The number of benzene rings is 2. The van der Waals surface area contributed by atoms with Crippen molar-refractivity contribution in [1.82, 2.24) is 4.90 Å². The van der Waals surface area contributed by atoms with Crippen LogP contribution < -0.4 is 10.3 Å². The van der Waals surface area contributed by atoms with Crippen LogP contribution in [0, 0.1) is 0 Å². The van der Waals surface area contributed by atoms with Gasteiger partial charge in [0.1, 0.15) is 6.54 Å². The number of quaternary nitrogens is 1. The first kappa shape index (κ1) is 20.4. The highest BCUT2D eigenvalue weighted by molar-refractivity contribution is 9.10. The van der Waals surface area contributed by atoms with E-state index in [4.69, 9.17) is 4.74 Å². The van der Waals surface area contributed by atoms with Crippen molar-refractivity contribution < 1.29 is 14.4 Å². The molecule has 6 nitrogen and oxygen atoms in total. The third kappa shape index (κ3) is 5.81. The van der Waals surface area contributed by atoms with Crippen molar-refractivity contribution in [2.45, 2.75) is 13.5 Å². The van der Waals surface area contributed by atoms with Crippen molar-refractivity contribution in [2.24, 2.45) is 5.10 Å². The van der Waals surface area contributed by atoms with Gasteiger partial charge in [-0.15, -0.1) is 5.10 Å². The topological polar surface area (TPSA) is 58.4 Å². The van der Waals surface area contributed by atoms with E-state index >= 15 is 0 Å². The highest BCUT2D eigenvalue weighted by Gasteiger charge is 2.27. The fourth-order valence-electron chi connectivity index (χ4n) is 3.18. The summed E-state index contributed by atoms with van der Waals surface area (Å²) in [6.07, 6.45) is 0. The van der Waals surface area contributed by atoms with Crippen LogP contribution in [0.4, 0.5) is 5.69 Å². The highest BCUT2D eigenvalue weighted by Crippen LogP contribution is 2.14. The van der Waals surface area contributed by atoms with Crippen LogP contribution in [0.3, 0.4) is 0 Å². The Labute approximate surface area is 174 Å². The van der Waals surface area contributed by atoms with E-state index in [1.807, 2.05) is 35.2 Å². The third-order valence-electron chi connectivity index (χ3n) is 4.66. The lowest BCUT2D eigenvalue weighted by molar-refractivity contribution is -0.917. The average molecular weight is 446 g/mol. The molecule has 28 heavy (non-hydrogen) atoms. The number of esters is 1. The summed E-state index contributed by atoms with van der Waals surface area (Å²) in [6.45, 7) is 6.56. The van der Waals surface area contributed by atoms with Gasteiger partial charge in [0.2, 0.25) is 5.84 Å². The van der Waals surface area contributed by atoms with E-state index in [1.165, 1.54) is 10.5 Å². The van der Waals surface area contributed by atoms with Crippen LogP contribution in [0.15, 0.2) is 64.2 Å². The number of halogens is 1. The summed E-state index contributed by atoms with van der Waals surface area (Å²) in [5.74, 6) is -0.0536. The van der Waals surface area contributed by atoms with Gasteiger partial charge < -0.3 is 14.5 Å². The molecule has 2 aromatic carbocycles. The molecule has 148 valence electrons. The lowest BCUT2D eigenvalue weighted by Gasteiger charge is -2.33. The van der Waals surface area contributed by atoms with Gasteiger partial charge in [-0.1, -0.05) is 46.3 Å². The Morgan fingerprint density at radius 2 is 1.82 bits per heavy atom. The Kier molecular flexibility index (Phi) is 7.45. The average Bonchev–Trinajstić information content (AvgIpc) is 2.72. The van der Waals surface area contributed by atoms with Gasteiger partial charge in [0.15, 0.2) is 0 Å². The number of carbonyl (C=O) groups excluding carboxylic acids is 1. The van der Waals surface area contributed by atoms with Crippen molar-refractivity contribution in [3.05, 3.63) is 64.6 Å². The van der Waals surface area contributed by atoms with E-state index in [1.54, 1.807) is 6.92 Å². The molecular formula is C21H26BrN4O2+. The summed E-state index contributed by atoms with van der Waals surface area (Å²) in [7, 11) is 0. The number of ether oxygens (including phenoxy) is 1. The Morgan fingerprint density at radius 1 is 1.14 bits per heavy atom. The minimum absolute atomic E-state index is 0.329. The van der Waals surface area contributed by atoms with Gasteiger partial charge in [-0.3, -0.25) is 5.43 Å². The number of piperazine rings is 1. The Hall–Kier alpha value is -2.38. The molecule has 0 radical (unpaired) electrons. The van der Waals surface area contributed by atoms with Gasteiger partial charge in [-0.2, -0.15) is 0 Å². The first-order valence-electron chi connectivity index (χ1n) is 9.54. The van der Waals surface area contributed by atoms with E-state index in [0.29, 0.717) is 12.4 Å². The fourth-order valence-corrected chi connectivity index (χ4v) is 3.44. The van der Waals surface area contributed by atoms with E-state index in [-0.39, 0.29) is 0 Å². The smallest absolute Gasteiger partial charge is 0.376 e. The molecule has 0 amide bonds. The largest absolute Gasteiger partial charge is 0.460 e. The maximum atomic E-state index is 12.4. The van der Waals surface area contributed by atoms with Crippen LogP contribution in [0.5, 0.6) is 0 Å². The second-order valence-corrected chi connectivity index (χ2v) is 7.59. The van der Waals surface area contributed by atoms with Crippen molar-refractivity contribution in [3.63, 3.8) is 0 Å². The van der Waals surface area contributed by atoms with Crippen LogP contribution in [-0.4, -0.2) is 49.5 Å². The third-order valence-corrected chi connectivity index (χ3v) is 5.19. The Balaban J connectivity index is 1.63. The van der Waals surface area contributed by atoms with Crippen LogP contribution in [0.1, 0.15) is 12.5 Å². The molecule has 1 saturated heterocycles. The second kappa shape index (κ2) is 10.2. The standard InChI is InChI=1S/C21H25BrN4O2/c1-2-28-21(27)20(24-23-19-10-8-18(22)9-11-19)26-14-12-25(13-15-26)16-17-6-4-3-5-7-17/h3-11,23H,2,12-16H2,1H3/p+1/b24-20+. The summed E-state index contributed by atoms with van der Waals surface area (Å²) < 4.78 is 6.21. The first-order chi connectivity index (χ1) is 13.7. The molecule has 1 aliphatic heterocycles.